The van der Waals surface area contributed by atoms with Gasteiger partial charge in [0.15, 0.2) is 0 Å². The van der Waals surface area contributed by atoms with E-state index in [9.17, 15) is 8.42 Å². The summed E-state index contributed by atoms with van der Waals surface area (Å²) >= 11 is 0. The number of nitrogens with two attached hydrogens (primary N) is 1. The Hall–Kier alpha value is -0.910. The average Bonchev–Trinajstić information content (AvgIpc) is 2.53. The van der Waals surface area contributed by atoms with Crippen molar-refractivity contribution in [3.63, 3.8) is 0 Å². The molecule has 0 aromatic heterocycles. The van der Waals surface area contributed by atoms with Crippen molar-refractivity contribution in [2.45, 2.75) is 62.9 Å². The zero-order valence-electron chi connectivity index (χ0n) is 12.7. The summed E-state index contributed by atoms with van der Waals surface area (Å²) in [6.45, 7) is 2.29. The Morgan fingerprint density at radius 3 is 2.52 bits per heavy atom. The molecule has 0 bridgehead atoms. The lowest BCUT2D eigenvalue weighted by atomic mass is 9.83. The van der Waals surface area contributed by atoms with Crippen LogP contribution >= 0.6 is 0 Å². The van der Waals surface area contributed by atoms with Gasteiger partial charge in [-0.1, -0.05) is 44.4 Å². The fourth-order valence-corrected chi connectivity index (χ4v) is 4.89. The molecule has 1 aliphatic carbocycles. The summed E-state index contributed by atoms with van der Waals surface area (Å²) in [4.78, 5) is 0.321. The van der Waals surface area contributed by atoms with Crippen LogP contribution in [-0.4, -0.2) is 14.5 Å². The molecule has 3 N–H and O–H groups in total. The molecule has 0 radical (unpaired) electrons. The quantitative estimate of drug-likeness (QED) is 0.848. The van der Waals surface area contributed by atoms with Gasteiger partial charge in [-0.2, -0.15) is 0 Å². The standard InChI is InChI=1S/C16H26N2O2S/c1-2-15(13-8-4-3-5-9-13)18-21(19,20)16-11-7-6-10-14(16)12-17/h6-7,10-11,13,15,18H,2-5,8-9,12,17H2,1H3. The molecule has 1 fully saturated rings. The zero-order valence-corrected chi connectivity index (χ0v) is 13.5. The van der Waals surface area contributed by atoms with Crippen LogP contribution in [0.25, 0.3) is 0 Å². The first-order chi connectivity index (χ1) is 10.1. The molecule has 0 heterocycles. The molecule has 21 heavy (non-hydrogen) atoms. The van der Waals surface area contributed by atoms with E-state index >= 15 is 0 Å². The maximum atomic E-state index is 12.7. The smallest absolute Gasteiger partial charge is 0.241 e. The van der Waals surface area contributed by atoms with Crippen LogP contribution in [0.15, 0.2) is 29.2 Å². The second-order valence-electron chi connectivity index (χ2n) is 5.85. The number of benzene rings is 1. The van der Waals surface area contributed by atoms with E-state index in [0.717, 1.165) is 19.3 Å². The molecule has 2 rings (SSSR count). The van der Waals surface area contributed by atoms with Crippen LogP contribution in [0.3, 0.4) is 0 Å². The van der Waals surface area contributed by atoms with Crippen molar-refractivity contribution in [2.24, 2.45) is 11.7 Å². The summed E-state index contributed by atoms with van der Waals surface area (Å²) in [5.41, 5.74) is 6.33. The molecule has 0 amide bonds. The molecule has 1 atom stereocenters. The molecular formula is C16H26N2O2S. The molecule has 0 aliphatic heterocycles. The molecule has 1 aromatic rings. The van der Waals surface area contributed by atoms with Gasteiger partial charge in [-0.25, -0.2) is 13.1 Å². The predicted molar refractivity (Wildman–Crippen MR) is 85.3 cm³/mol. The van der Waals surface area contributed by atoms with Crippen molar-refractivity contribution in [2.75, 3.05) is 0 Å². The summed E-state index contributed by atoms with van der Waals surface area (Å²) in [6, 6.07) is 7.00. The molecule has 1 saturated carbocycles. The fourth-order valence-electron chi connectivity index (χ4n) is 3.25. The van der Waals surface area contributed by atoms with Crippen LogP contribution in [-0.2, 0) is 16.6 Å². The van der Waals surface area contributed by atoms with E-state index in [0.29, 0.717) is 16.4 Å². The minimum absolute atomic E-state index is 0.0288. The number of sulfonamides is 1. The Kier molecular flexibility index (Phi) is 5.79. The Labute approximate surface area is 128 Å². The van der Waals surface area contributed by atoms with Gasteiger partial charge in [-0.3, -0.25) is 0 Å². The first kappa shape index (κ1) is 16.5. The molecule has 1 aliphatic rings. The zero-order chi connectivity index (χ0) is 15.3. The van der Waals surface area contributed by atoms with Gasteiger partial charge in [0.1, 0.15) is 0 Å². The molecule has 4 nitrogen and oxygen atoms in total. The third-order valence-electron chi connectivity index (χ3n) is 4.45. The number of rotatable bonds is 6. The lowest BCUT2D eigenvalue weighted by Crippen LogP contribution is -2.41. The topological polar surface area (TPSA) is 72.2 Å². The van der Waals surface area contributed by atoms with Crippen molar-refractivity contribution in [1.82, 2.24) is 4.72 Å². The van der Waals surface area contributed by atoms with Gasteiger partial charge in [0.2, 0.25) is 10.0 Å². The summed E-state index contributed by atoms with van der Waals surface area (Å²) in [6.07, 6.45) is 6.77. The van der Waals surface area contributed by atoms with Crippen LogP contribution in [0.2, 0.25) is 0 Å². The average molecular weight is 310 g/mol. The van der Waals surface area contributed by atoms with Gasteiger partial charge in [-0.15, -0.1) is 0 Å². The van der Waals surface area contributed by atoms with E-state index < -0.39 is 10.0 Å². The van der Waals surface area contributed by atoms with Gasteiger partial charge >= 0.3 is 0 Å². The predicted octanol–water partition coefficient (Wildman–Crippen LogP) is 2.78. The van der Waals surface area contributed by atoms with Crippen LogP contribution in [0, 0.1) is 5.92 Å². The lowest BCUT2D eigenvalue weighted by Gasteiger charge is -2.30. The summed E-state index contributed by atoms with van der Waals surface area (Å²) in [5.74, 6) is 0.462. The molecule has 118 valence electrons. The van der Waals surface area contributed by atoms with Crippen LogP contribution < -0.4 is 10.5 Å². The van der Waals surface area contributed by atoms with Gasteiger partial charge in [0.25, 0.3) is 0 Å². The fraction of sp³-hybridized carbons (Fsp3) is 0.625. The minimum atomic E-state index is -3.49. The van der Waals surface area contributed by atoms with Crippen molar-refractivity contribution in [1.29, 1.82) is 0 Å². The second-order valence-corrected chi connectivity index (χ2v) is 7.53. The summed E-state index contributed by atoms with van der Waals surface area (Å²) < 4.78 is 28.2. The van der Waals surface area contributed by atoms with Crippen LogP contribution in [0.1, 0.15) is 51.0 Å². The first-order valence-corrected chi connectivity index (χ1v) is 9.37. The summed E-state index contributed by atoms with van der Waals surface area (Å²) in [5, 5.41) is 0. The Bertz CT molecular complexity index is 551. The molecule has 0 spiro atoms. The van der Waals surface area contributed by atoms with Gasteiger partial charge < -0.3 is 5.73 Å². The number of hydrogen-bond donors (Lipinski definition) is 2. The molecule has 0 saturated heterocycles. The third-order valence-corrected chi connectivity index (χ3v) is 6.04. The van der Waals surface area contributed by atoms with E-state index in [1.807, 2.05) is 6.07 Å². The van der Waals surface area contributed by atoms with E-state index in [1.165, 1.54) is 19.3 Å². The third kappa shape index (κ3) is 4.05. The highest BCUT2D eigenvalue weighted by Crippen LogP contribution is 2.29. The Balaban J connectivity index is 2.18. The van der Waals surface area contributed by atoms with Crippen molar-refractivity contribution < 1.29 is 8.42 Å². The van der Waals surface area contributed by atoms with E-state index in [-0.39, 0.29) is 12.6 Å². The number of hydrogen-bond acceptors (Lipinski definition) is 3. The van der Waals surface area contributed by atoms with Crippen molar-refractivity contribution in [3.8, 4) is 0 Å². The molecule has 1 aromatic carbocycles. The SMILES string of the molecule is CCC(NS(=O)(=O)c1ccccc1CN)C1CCCCC1. The van der Waals surface area contributed by atoms with Crippen LogP contribution in [0.4, 0.5) is 0 Å². The van der Waals surface area contributed by atoms with E-state index in [2.05, 4.69) is 11.6 Å². The van der Waals surface area contributed by atoms with Crippen molar-refractivity contribution >= 4 is 10.0 Å². The summed E-state index contributed by atoms with van der Waals surface area (Å²) in [7, 11) is -3.49. The highest BCUT2D eigenvalue weighted by molar-refractivity contribution is 7.89. The van der Waals surface area contributed by atoms with Crippen molar-refractivity contribution in [3.05, 3.63) is 29.8 Å². The highest BCUT2D eigenvalue weighted by atomic mass is 32.2. The van der Waals surface area contributed by atoms with Gasteiger partial charge in [-0.05, 0) is 36.8 Å². The monoisotopic (exact) mass is 310 g/mol. The van der Waals surface area contributed by atoms with E-state index in [1.54, 1.807) is 18.2 Å². The maximum absolute atomic E-state index is 12.7. The first-order valence-electron chi connectivity index (χ1n) is 7.88. The maximum Gasteiger partial charge on any atom is 0.241 e. The van der Waals surface area contributed by atoms with Crippen LogP contribution in [0.5, 0.6) is 0 Å². The number of nitrogens with one attached hydrogen (secondary N) is 1. The second kappa shape index (κ2) is 7.38. The van der Waals surface area contributed by atoms with Gasteiger partial charge in [0, 0.05) is 12.6 Å². The normalized spacial score (nSPS) is 18.6. The Morgan fingerprint density at radius 2 is 1.90 bits per heavy atom. The Morgan fingerprint density at radius 1 is 1.24 bits per heavy atom. The molecular weight excluding hydrogens is 284 g/mol. The van der Waals surface area contributed by atoms with E-state index in [4.69, 9.17) is 5.73 Å². The molecule has 5 heteroatoms. The van der Waals surface area contributed by atoms with Gasteiger partial charge in [0.05, 0.1) is 4.90 Å². The highest BCUT2D eigenvalue weighted by Gasteiger charge is 2.27. The largest absolute Gasteiger partial charge is 0.326 e. The lowest BCUT2D eigenvalue weighted by molar-refractivity contribution is 0.285. The molecule has 1 unspecified atom stereocenters. The minimum Gasteiger partial charge on any atom is -0.326 e.